The van der Waals surface area contributed by atoms with E-state index in [9.17, 15) is 9.59 Å². The van der Waals surface area contributed by atoms with Crippen molar-refractivity contribution in [3.63, 3.8) is 0 Å². The number of fused-ring (bicyclic) bond motifs is 1. The van der Waals surface area contributed by atoms with E-state index in [1.165, 1.54) is 4.90 Å². The monoisotopic (exact) mass is 299 g/mol. The third-order valence-electron chi connectivity index (χ3n) is 3.89. The van der Waals surface area contributed by atoms with E-state index >= 15 is 0 Å². The SMILES string of the molecule is CC(CN)N(C)C(=O)c1cc2c([nH]c1=O)CCCC2.Cl. The number of likely N-dealkylation sites (N-methyl/N-ethyl adjacent to an activating group) is 1. The molecule has 0 aliphatic heterocycles. The van der Waals surface area contributed by atoms with Gasteiger partial charge in [0.1, 0.15) is 5.56 Å². The second-order valence-corrected chi connectivity index (χ2v) is 5.22. The first-order valence-electron chi connectivity index (χ1n) is 6.77. The Hall–Kier alpha value is -1.33. The first-order chi connectivity index (χ1) is 9.04. The average molecular weight is 300 g/mol. The van der Waals surface area contributed by atoms with Crippen LogP contribution in [-0.2, 0) is 12.8 Å². The molecule has 0 fully saturated rings. The minimum Gasteiger partial charge on any atom is -0.338 e. The highest BCUT2D eigenvalue weighted by atomic mass is 35.5. The summed E-state index contributed by atoms with van der Waals surface area (Å²) in [5.74, 6) is -0.257. The lowest BCUT2D eigenvalue weighted by molar-refractivity contribution is 0.0746. The Bertz CT molecular complexity index is 542. The predicted octanol–water partition coefficient (Wildman–Crippen LogP) is 1.09. The molecule has 0 aromatic carbocycles. The zero-order valence-electron chi connectivity index (χ0n) is 11.9. The van der Waals surface area contributed by atoms with Crippen molar-refractivity contribution in [2.75, 3.05) is 13.6 Å². The van der Waals surface area contributed by atoms with Crippen molar-refractivity contribution in [3.8, 4) is 0 Å². The first kappa shape index (κ1) is 16.7. The van der Waals surface area contributed by atoms with Crippen molar-refractivity contribution in [1.29, 1.82) is 0 Å². The molecule has 112 valence electrons. The summed E-state index contributed by atoms with van der Waals surface area (Å²) in [7, 11) is 1.68. The van der Waals surface area contributed by atoms with Crippen molar-refractivity contribution < 1.29 is 4.79 Å². The fourth-order valence-corrected chi connectivity index (χ4v) is 2.38. The molecule has 0 radical (unpaired) electrons. The maximum atomic E-state index is 12.3. The van der Waals surface area contributed by atoms with Gasteiger partial charge >= 0.3 is 0 Å². The molecular formula is C14H22ClN3O2. The third kappa shape index (κ3) is 3.22. The van der Waals surface area contributed by atoms with Gasteiger partial charge < -0.3 is 15.6 Å². The molecule has 1 amide bonds. The van der Waals surface area contributed by atoms with Gasteiger partial charge in [0.05, 0.1) is 0 Å². The molecular weight excluding hydrogens is 278 g/mol. The Morgan fingerprint density at radius 1 is 1.45 bits per heavy atom. The van der Waals surface area contributed by atoms with E-state index in [2.05, 4.69) is 4.98 Å². The highest BCUT2D eigenvalue weighted by molar-refractivity contribution is 5.94. The maximum absolute atomic E-state index is 12.3. The molecule has 1 atom stereocenters. The maximum Gasteiger partial charge on any atom is 0.261 e. The molecule has 20 heavy (non-hydrogen) atoms. The number of rotatable bonds is 3. The fraction of sp³-hybridized carbons (Fsp3) is 0.571. The van der Waals surface area contributed by atoms with Gasteiger partial charge in [-0.1, -0.05) is 0 Å². The molecule has 1 aromatic rings. The van der Waals surface area contributed by atoms with E-state index in [4.69, 9.17) is 5.73 Å². The summed E-state index contributed by atoms with van der Waals surface area (Å²) < 4.78 is 0. The van der Waals surface area contributed by atoms with Gasteiger partial charge in [0.2, 0.25) is 0 Å². The van der Waals surface area contributed by atoms with Crippen molar-refractivity contribution in [1.82, 2.24) is 9.88 Å². The summed E-state index contributed by atoms with van der Waals surface area (Å²) in [5, 5.41) is 0. The fourth-order valence-electron chi connectivity index (χ4n) is 2.38. The molecule has 1 unspecified atom stereocenters. The number of nitrogens with two attached hydrogens (primary N) is 1. The van der Waals surface area contributed by atoms with E-state index < -0.39 is 0 Å². The quantitative estimate of drug-likeness (QED) is 0.877. The summed E-state index contributed by atoms with van der Waals surface area (Å²) in [6.07, 6.45) is 4.04. The van der Waals surface area contributed by atoms with Gasteiger partial charge in [0.15, 0.2) is 0 Å². The molecule has 6 heteroatoms. The smallest absolute Gasteiger partial charge is 0.261 e. The van der Waals surface area contributed by atoms with Crippen molar-refractivity contribution in [2.24, 2.45) is 5.73 Å². The number of nitrogens with one attached hydrogen (secondary N) is 1. The van der Waals surface area contributed by atoms with Crippen molar-refractivity contribution in [2.45, 2.75) is 38.6 Å². The summed E-state index contributed by atoms with van der Waals surface area (Å²) >= 11 is 0. The molecule has 1 heterocycles. The van der Waals surface area contributed by atoms with Gasteiger partial charge in [-0.2, -0.15) is 0 Å². The second-order valence-electron chi connectivity index (χ2n) is 5.22. The molecule has 5 nitrogen and oxygen atoms in total. The van der Waals surface area contributed by atoms with E-state index in [0.717, 1.165) is 36.9 Å². The number of nitrogens with zero attached hydrogens (tertiary/aromatic N) is 1. The van der Waals surface area contributed by atoms with Crippen LogP contribution in [-0.4, -0.2) is 35.4 Å². The van der Waals surface area contributed by atoms with Crippen LogP contribution in [0.4, 0.5) is 0 Å². The average Bonchev–Trinajstić information content (AvgIpc) is 2.44. The largest absolute Gasteiger partial charge is 0.338 e. The minimum absolute atomic E-state index is 0. The van der Waals surface area contributed by atoms with E-state index in [0.29, 0.717) is 6.54 Å². The number of aromatic amines is 1. The number of carbonyl (C=O) groups is 1. The second kappa shape index (κ2) is 6.90. The molecule has 0 bridgehead atoms. The Kier molecular flexibility index (Phi) is 5.77. The van der Waals surface area contributed by atoms with Gasteiger partial charge in [0, 0.05) is 25.3 Å². The van der Waals surface area contributed by atoms with Crippen molar-refractivity contribution >= 4 is 18.3 Å². The highest BCUT2D eigenvalue weighted by Gasteiger charge is 2.21. The number of H-pyrrole nitrogens is 1. The number of hydrogen-bond acceptors (Lipinski definition) is 3. The molecule has 2 rings (SSSR count). The minimum atomic E-state index is -0.290. The highest BCUT2D eigenvalue weighted by Crippen LogP contribution is 2.19. The van der Waals surface area contributed by atoms with Crippen LogP contribution < -0.4 is 11.3 Å². The summed E-state index contributed by atoms with van der Waals surface area (Å²) in [5.41, 5.74) is 7.58. The summed E-state index contributed by atoms with van der Waals surface area (Å²) in [6.45, 7) is 2.25. The third-order valence-corrected chi connectivity index (χ3v) is 3.89. The Balaban J connectivity index is 0.00000200. The predicted molar refractivity (Wildman–Crippen MR) is 81.6 cm³/mol. The van der Waals surface area contributed by atoms with E-state index in [-0.39, 0.29) is 35.5 Å². The van der Waals surface area contributed by atoms with Crippen LogP contribution in [0, 0.1) is 0 Å². The zero-order valence-corrected chi connectivity index (χ0v) is 12.8. The normalized spacial score (nSPS) is 14.9. The zero-order chi connectivity index (χ0) is 14.0. The molecule has 0 saturated heterocycles. The van der Waals surface area contributed by atoms with Gasteiger partial charge in [-0.05, 0) is 44.2 Å². The van der Waals surface area contributed by atoms with Crippen LogP contribution in [0.25, 0.3) is 0 Å². The number of carbonyl (C=O) groups excluding carboxylic acids is 1. The lowest BCUT2D eigenvalue weighted by atomic mass is 9.95. The van der Waals surface area contributed by atoms with Crippen LogP contribution in [0.3, 0.4) is 0 Å². The van der Waals surface area contributed by atoms with Gasteiger partial charge in [-0.15, -0.1) is 12.4 Å². The molecule has 1 aliphatic rings. The molecule has 1 aliphatic carbocycles. The van der Waals surface area contributed by atoms with Gasteiger partial charge in [-0.25, -0.2) is 0 Å². The number of hydrogen-bond donors (Lipinski definition) is 2. The lowest BCUT2D eigenvalue weighted by Crippen LogP contribution is -2.41. The Morgan fingerprint density at radius 3 is 2.75 bits per heavy atom. The van der Waals surface area contributed by atoms with Gasteiger partial charge in [0.25, 0.3) is 11.5 Å². The van der Waals surface area contributed by atoms with Crippen LogP contribution in [0.2, 0.25) is 0 Å². The molecule has 0 spiro atoms. The Morgan fingerprint density at radius 2 is 2.10 bits per heavy atom. The Labute approximate surface area is 125 Å². The number of halogens is 1. The van der Waals surface area contributed by atoms with E-state index in [1.54, 1.807) is 13.1 Å². The van der Waals surface area contributed by atoms with Crippen LogP contribution in [0.1, 0.15) is 41.4 Å². The summed E-state index contributed by atoms with van der Waals surface area (Å²) in [4.78, 5) is 28.7. The van der Waals surface area contributed by atoms with E-state index in [1.807, 2.05) is 6.92 Å². The van der Waals surface area contributed by atoms with Crippen LogP contribution >= 0.6 is 12.4 Å². The van der Waals surface area contributed by atoms with Gasteiger partial charge in [-0.3, -0.25) is 9.59 Å². The van der Waals surface area contributed by atoms with Crippen molar-refractivity contribution in [3.05, 3.63) is 33.2 Å². The van der Waals surface area contributed by atoms with Crippen LogP contribution in [0.5, 0.6) is 0 Å². The number of aryl methyl sites for hydroxylation is 2. The number of amides is 1. The van der Waals surface area contributed by atoms with Crippen LogP contribution in [0.15, 0.2) is 10.9 Å². The summed E-state index contributed by atoms with van der Waals surface area (Å²) in [6, 6.07) is 1.68. The molecule has 1 aromatic heterocycles. The lowest BCUT2D eigenvalue weighted by Gasteiger charge is -2.24. The number of aromatic nitrogens is 1. The standard InChI is InChI=1S/C14H21N3O2.ClH/c1-9(8-15)17(2)14(19)11-7-10-5-3-4-6-12(10)16-13(11)18;/h7,9H,3-6,8,15H2,1-2H3,(H,16,18);1H. The molecule has 3 N–H and O–H groups in total. The number of pyridine rings is 1. The molecule has 0 saturated carbocycles. The first-order valence-corrected chi connectivity index (χ1v) is 6.77. The topological polar surface area (TPSA) is 79.2 Å².